The van der Waals surface area contributed by atoms with Crippen molar-refractivity contribution < 1.29 is 27.5 Å². The quantitative estimate of drug-likeness (QED) is 0.481. The van der Waals surface area contributed by atoms with E-state index >= 15 is 0 Å². The number of hydrogen-bond acceptors (Lipinski definition) is 3. The molecule has 0 spiro atoms. The molecule has 0 unspecified atom stereocenters. The second kappa shape index (κ2) is 10.2. The van der Waals surface area contributed by atoms with Crippen molar-refractivity contribution in [3.05, 3.63) is 88.2 Å². The summed E-state index contributed by atoms with van der Waals surface area (Å²) in [6.07, 6.45) is -0.290. The Morgan fingerprint density at radius 2 is 1.66 bits per heavy atom. The molecule has 2 amide bonds. The van der Waals surface area contributed by atoms with Crippen LogP contribution in [0.2, 0.25) is 5.02 Å². The number of methoxy groups -OCH3 is 1. The van der Waals surface area contributed by atoms with Crippen LogP contribution in [0.1, 0.15) is 22.3 Å². The largest absolute Gasteiger partial charge is 0.495 e. The van der Waals surface area contributed by atoms with Gasteiger partial charge in [0.05, 0.1) is 18.4 Å². The lowest BCUT2D eigenvalue weighted by atomic mass is 10.1. The van der Waals surface area contributed by atoms with E-state index in [1.807, 2.05) is 0 Å². The van der Waals surface area contributed by atoms with Crippen molar-refractivity contribution in [3.63, 3.8) is 0 Å². The van der Waals surface area contributed by atoms with E-state index in [2.05, 4.69) is 10.6 Å². The number of anilines is 2. The molecule has 0 aliphatic rings. The third kappa shape index (κ3) is 5.59. The zero-order valence-corrected chi connectivity index (χ0v) is 17.6. The molecule has 0 saturated heterocycles. The molecular weight excluding hydrogens is 445 g/mol. The first kappa shape index (κ1) is 23.1. The average molecular weight is 463 g/mol. The molecule has 0 fully saturated rings. The van der Waals surface area contributed by atoms with E-state index in [4.69, 9.17) is 16.3 Å². The second-order valence-electron chi connectivity index (χ2n) is 6.74. The van der Waals surface area contributed by atoms with Gasteiger partial charge >= 0.3 is 0 Å². The summed E-state index contributed by atoms with van der Waals surface area (Å²) in [7, 11) is 1.38. The monoisotopic (exact) mass is 462 g/mol. The number of rotatable bonds is 7. The van der Waals surface area contributed by atoms with Gasteiger partial charge in [0.15, 0.2) is 0 Å². The summed E-state index contributed by atoms with van der Waals surface area (Å²) >= 11 is 5.71. The van der Waals surface area contributed by atoms with Gasteiger partial charge in [-0.1, -0.05) is 17.7 Å². The summed E-state index contributed by atoms with van der Waals surface area (Å²) in [6.45, 7) is 0. The van der Waals surface area contributed by atoms with E-state index < -0.39 is 29.3 Å². The lowest BCUT2D eigenvalue weighted by Gasteiger charge is -2.13. The first-order chi connectivity index (χ1) is 15.3. The lowest BCUT2D eigenvalue weighted by molar-refractivity contribution is -0.116. The summed E-state index contributed by atoms with van der Waals surface area (Å²) in [5.74, 6) is -3.18. The Kier molecular flexibility index (Phi) is 7.37. The van der Waals surface area contributed by atoms with E-state index in [1.165, 1.54) is 43.5 Å². The van der Waals surface area contributed by atoms with Crippen molar-refractivity contribution in [2.45, 2.75) is 12.8 Å². The van der Waals surface area contributed by atoms with E-state index in [0.717, 1.165) is 18.2 Å². The normalized spacial score (nSPS) is 10.5. The van der Waals surface area contributed by atoms with Crippen LogP contribution >= 0.6 is 11.6 Å². The van der Waals surface area contributed by atoms with Gasteiger partial charge in [-0.15, -0.1) is 0 Å². The fourth-order valence-corrected chi connectivity index (χ4v) is 3.14. The summed E-state index contributed by atoms with van der Waals surface area (Å²) in [5.41, 5.74) is 0.0922. The SMILES string of the molecule is COc1ccc(NC(=O)CCc2c(F)cccc2F)cc1NC(=O)c1ccc(Cl)cc1F. The molecule has 5 nitrogen and oxygen atoms in total. The highest BCUT2D eigenvalue weighted by atomic mass is 35.5. The predicted octanol–water partition coefficient (Wildman–Crippen LogP) is 5.59. The minimum Gasteiger partial charge on any atom is -0.495 e. The maximum Gasteiger partial charge on any atom is 0.258 e. The van der Waals surface area contributed by atoms with Gasteiger partial charge in [0.25, 0.3) is 5.91 Å². The zero-order valence-electron chi connectivity index (χ0n) is 16.8. The Morgan fingerprint density at radius 1 is 0.938 bits per heavy atom. The van der Waals surface area contributed by atoms with E-state index in [9.17, 15) is 22.8 Å². The van der Waals surface area contributed by atoms with Crippen LogP contribution in [-0.2, 0) is 11.2 Å². The molecule has 3 aromatic carbocycles. The van der Waals surface area contributed by atoms with Crippen LogP contribution in [0.15, 0.2) is 54.6 Å². The van der Waals surface area contributed by atoms with Crippen LogP contribution in [0.25, 0.3) is 0 Å². The molecule has 0 atom stereocenters. The van der Waals surface area contributed by atoms with Gasteiger partial charge < -0.3 is 15.4 Å². The smallest absolute Gasteiger partial charge is 0.258 e. The first-order valence-electron chi connectivity index (χ1n) is 9.45. The number of benzene rings is 3. The van der Waals surface area contributed by atoms with Gasteiger partial charge in [-0.2, -0.15) is 0 Å². The molecule has 0 bridgehead atoms. The highest BCUT2D eigenvalue weighted by Gasteiger charge is 2.16. The molecule has 0 aliphatic carbocycles. The van der Waals surface area contributed by atoms with Crippen molar-refractivity contribution in [1.29, 1.82) is 0 Å². The van der Waals surface area contributed by atoms with Gasteiger partial charge in [-0.05, 0) is 55.0 Å². The molecule has 0 aliphatic heterocycles. The van der Waals surface area contributed by atoms with Crippen LogP contribution in [0, 0.1) is 17.5 Å². The fraction of sp³-hybridized carbons (Fsp3) is 0.130. The number of ether oxygens (including phenoxy) is 1. The Labute approximate surface area is 187 Å². The van der Waals surface area contributed by atoms with Crippen molar-refractivity contribution in [3.8, 4) is 5.75 Å². The van der Waals surface area contributed by atoms with E-state index in [-0.39, 0.29) is 40.4 Å². The summed E-state index contributed by atoms with van der Waals surface area (Å²) in [6, 6.07) is 11.6. The van der Waals surface area contributed by atoms with Crippen molar-refractivity contribution in [2.75, 3.05) is 17.7 Å². The molecule has 32 heavy (non-hydrogen) atoms. The van der Waals surface area contributed by atoms with Crippen LogP contribution in [0.4, 0.5) is 24.5 Å². The van der Waals surface area contributed by atoms with Gasteiger partial charge in [-0.25, -0.2) is 13.2 Å². The molecule has 0 aromatic heterocycles. The minimum atomic E-state index is -0.793. The lowest BCUT2D eigenvalue weighted by Crippen LogP contribution is -2.16. The Morgan fingerprint density at radius 3 is 2.31 bits per heavy atom. The Hall–Kier alpha value is -3.52. The first-order valence-corrected chi connectivity index (χ1v) is 9.83. The number of amides is 2. The van der Waals surface area contributed by atoms with Crippen LogP contribution < -0.4 is 15.4 Å². The summed E-state index contributed by atoms with van der Waals surface area (Å²) < 4.78 is 46.7. The van der Waals surface area contributed by atoms with Crippen LogP contribution in [-0.4, -0.2) is 18.9 Å². The maximum absolute atomic E-state index is 14.0. The fourth-order valence-electron chi connectivity index (χ4n) is 2.98. The van der Waals surface area contributed by atoms with Crippen molar-refractivity contribution in [2.24, 2.45) is 0 Å². The third-order valence-corrected chi connectivity index (χ3v) is 4.81. The number of nitrogens with one attached hydrogen (secondary N) is 2. The number of carbonyl (C=O) groups excluding carboxylic acids is 2. The molecular formula is C23H18ClF3N2O3. The molecule has 0 heterocycles. The number of halogens is 4. The Balaban J connectivity index is 1.71. The van der Waals surface area contributed by atoms with Gasteiger partial charge in [-0.3, -0.25) is 9.59 Å². The van der Waals surface area contributed by atoms with Gasteiger partial charge in [0, 0.05) is 22.7 Å². The molecule has 9 heteroatoms. The highest BCUT2D eigenvalue weighted by molar-refractivity contribution is 6.30. The highest BCUT2D eigenvalue weighted by Crippen LogP contribution is 2.29. The predicted molar refractivity (Wildman–Crippen MR) is 116 cm³/mol. The van der Waals surface area contributed by atoms with E-state index in [0.29, 0.717) is 5.69 Å². The Bertz CT molecular complexity index is 1150. The van der Waals surface area contributed by atoms with Crippen molar-refractivity contribution in [1.82, 2.24) is 0 Å². The molecule has 166 valence electrons. The van der Waals surface area contributed by atoms with Crippen LogP contribution in [0.3, 0.4) is 0 Å². The number of carbonyl (C=O) groups is 2. The summed E-state index contributed by atoms with van der Waals surface area (Å²) in [5, 5.41) is 5.27. The van der Waals surface area contributed by atoms with Gasteiger partial charge in [0.1, 0.15) is 23.2 Å². The van der Waals surface area contributed by atoms with Crippen LogP contribution in [0.5, 0.6) is 5.75 Å². The second-order valence-corrected chi connectivity index (χ2v) is 7.18. The molecule has 3 rings (SSSR count). The maximum atomic E-state index is 14.0. The molecule has 0 saturated carbocycles. The molecule has 0 radical (unpaired) electrons. The van der Waals surface area contributed by atoms with Crippen molar-refractivity contribution >= 4 is 34.8 Å². The standard InChI is InChI=1S/C23H18ClF3N2O3/c1-32-21-9-6-14(28-22(30)10-8-15-17(25)3-2-4-18(15)26)12-20(21)29-23(31)16-7-5-13(24)11-19(16)27/h2-7,9,11-12H,8,10H2,1H3,(H,28,30)(H,29,31). The zero-order chi connectivity index (χ0) is 23.3. The minimum absolute atomic E-state index is 0.125. The molecule has 3 aromatic rings. The topological polar surface area (TPSA) is 67.4 Å². The molecule has 2 N–H and O–H groups in total. The number of hydrogen-bond donors (Lipinski definition) is 2. The third-order valence-electron chi connectivity index (χ3n) is 4.57. The van der Waals surface area contributed by atoms with Gasteiger partial charge in [0.2, 0.25) is 5.91 Å². The average Bonchev–Trinajstić information content (AvgIpc) is 2.73. The summed E-state index contributed by atoms with van der Waals surface area (Å²) in [4.78, 5) is 24.7. The van der Waals surface area contributed by atoms with E-state index in [1.54, 1.807) is 0 Å².